The Morgan fingerprint density at radius 2 is 2.14 bits per heavy atom. The molecule has 112 valence electrons. The highest BCUT2D eigenvalue weighted by atomic mass is 16.2. The molecular formula is C16H22N4O. The molecule has 1 N–H and O–H groups in total. The van der Waals surface area contributed by atoms with Gasteiger partial charge in [0, 0.05) is 10.8 Å². The second kappa shape index (κ2) is 6.64. The van der Waals surface area contributed by atoms with E-state index in [2.05, 4.69) is 22.3 Å². The number of azide groups is 1. The Morgan fingerprint density at radius 1 is 1.43 bits per heavy atom. The first kappa shape index (κ1) is 15.4. The van der Waals surface area contributed by atoms with Crippen LogP contribution in [0, 0.1) is 5.92 Å². The van der Waals surface area contributed by atoms with Crippen LogP contribution in [0.4, 0.5) is 0 Å². The molecule has 0 saturated heterocycles. The average molecular weight is 286 g/mol. The Kier molecular flexibility index (Phi) is 4.86. The molecule has 0 heterocycles. The molecule has 1 aliphatic carbocycles. The van der Waals surface area contributed by atoms with Gasteiger partial charge in [0.1, 0.15) is 5.66 Å². The lowest BCUT2D eigenvalue weighted by Crippen LogP contribution is -2.48. The standard InChI is InChI=1S/C16H22N4O/c1-3-12-8-5-6-11-14(12)16(4-2,19-20-17)18-15(21)13-9-7-10-13/h5-6,8,11,13H,3-4,7,9-10H2,1-2H3,(H,18,21). The number of benzene rings is 1. The topological polar surface area (TPSA) is 77.9 Å². The number of aryl methyl sites for hydroxylation is 1. The summed E-state index contributed by atoms with van der Waals surface area (Å²) < 4.78 is 0. The van der Waals surface area contributed by atoms with Crippen molar-refractivity contribution in [3.63, 3.8) is 0 Å². The van der Waals surface area contributed by atoms with Crippen LogP contribution in [-0.2, 0) is 16.9 Å². The molecule has 21 heavy (non-hydrogen) atoms. The van der Waals surface area contributed by atoms with Crippen LogP contribution in [0.2, 0.25) is 0 Å². The third-order valence-electron chi connectivity index (χ3n) is 4.38. The van der Waals surface area contributed by atoms with Gasteiger partial charge < -0.3 is 5.32 Å². The van der Waals surface area contributed by atoms with Crippen molar-refractivity contribution in [1.82, 2.24) is 5.32 Å². The van der Waals surface area contributed by atoms with E-state index in [0.29, 0.717) is 6.42 Å². The van der Waals surface area contributed by atoms with Crippen molar-refractivity contribution in [2.45, 2.75) is 51.6 Å². The largest absolute Gasteiger partial charge is 0.341 e. The maximum absolute atomic E-state index is 12.4. The number of hydrogen-bond donors (Lipinski definition) is 1. The van der Waals surface area contributed by atoms with Crippen molar-refractivity contribution in [2.24, 2.45) is 11.0 Å². The Bertz CT molecular complexity index is 561. The van der Waals surface area contributed by atoms with Gasteiger partial charge in [-0.25, -0.2) is 0 Å². The van der Waals surface area contributed by atoms with E-state index in [1.165, 1.54) is 0 Å². The van der Waals surface area contributed by atoms with Gasteiger partial charge in [0.2, 0.25) is 5.91 Å². The molecule has 1 amide bonds. The molecule has 1 saturated carbocycles. The van der Waals surface area contributed by atoms with Gasteiger partial charge in [0.05, 0.1) is 0 Å². The Labute approximate surface area is 125 Å². The minimum atomic E-state index is -0.978. The molecule has 1 aliphatic rings. The molecule has 1 unspecified atom stereocenters. The van der Waals surface area contributed by atoms with Crippen LogP contribution in [-0.4, -0.2) is 5.91 Å². The highest BCUT2D eigenvalue weighted by molar-refractivity contribution is 5.80. The number of amides is 1. The van der Waals surface area contributed by atoms with Crippen LogP contribution < -0.4 is 5.32 Å². The van der Waals surface area contributed by atoms with Gasteiger partial charge in [-0.1, -0.05) is 49.6 Å². The first-order valence-corrected chi connectivity index (χ1v) is 7.63. The average Bonchev–Trinajstić information content (AvgIpc) is 2.44. The van der Waals surface area contributed by atoms with Crippen LogP contribution >= 0.6 is 0 Å². The number of nitrogens with one attached hydrogen (secondary N) is 1. The predicted octanol–water partition coefficient (Wildman–Crippen LogP) is 4.04. The number of rotatable bonds is 6. The fourth-order valence-electron chi connectivity index (χ4n) is 2.78. The van der Waals surface area contributed by atoms with Gasteiger partial charge in [0.15, 0.2) is 0 Å². The lowest BCUT2D eigenvalue weighted by molar-refractivity contribution is -0.129. The summed E-state index contributed by atoms with van der Waals surface area (Å²) in [6, 6.07) is 7.84. The van der Waals surface area contributed by atoms with Crippen molar-refractivity contribution >= 4 is 5.91 Å². The summed E-state index contributed by atoms with van der Waals surface area (Å²) in [5, 5.41) is 7.00. The monoisotopic (exact) mass is 286 g/mol. The zero-order chi connectivity index (χ0) is 15.3. The van der Waals surface area contributed by atoms with E-state index >= 15 is 0 Å². The molecule has 0 aromatic heterocycles. The molecule has 5 heteroatoms. The summed E-state index contributed by atoms with van der Waals surface area (Å²) in [7, 11) is 0. The SMILES string of the molecule is CCc1ccccc1C(CC)(N=[N+]=[N-])NC(=O)C1CCC1. The highest BCUT2D eigenvalue weighted by Gasteiger charge is 2.36. The van der Waals surface area contributed by atoms with Crippen molar-refractivity contribution in [2.75, 3.05) is 0 Å². The normalized spacial score (nSPS) is 17.2. The lowest BCUT2D eigenvalue weighted by atomic mass is 9.83. The van der Waals surface area contributed by atoms with Gasteiger partial charge in [-0.3, -0.25) is 4.79 Å². The minimum Gasteiger partial charge on any atom is -0.341 e. The molecule has 0 spiro atoms. The van der Waals surface area contributed by atoms with Gasteiger partial charge in [-0.15, -0.1) is 0 Å². The van der Waals surface area contributed by atoms with Crippen molar-refractivity contribution in [3.05, 3.63) is 45.8 Å². The number of carbonyl (C=O) groups excluding carboxylic acids is 1. The Hall–Kier alpha value is -2.00. The van der Waals surface area contributed by atoms with Crippen LogP contribution in [0.3, 0.4) is 0 Å². The summed E-state index contributed by atoms with van der Waals surface area (Å²) in [4.78, 5) is 15.4. The number of hydrogen-bond acceptors (Lipinski definition) is 2. The zero-order valence-electron chi connectivity index (χ0n) is 12.7. The summed E-state index contributed by atoms with van der Waals surface area (Å²) in [6.07, 6.45) is 4.32. The van der Waals surface area contributed by atoms with Crippen molar-refractivity contribution in [1.29, 1.82) is 0 Å². The molecule has 5 nitrogen and oxygen atoms in total. The van der Waals surface area contributed by atoms with E-state index in [4.69, 9.17) is 5.53 Å². The Morgan fingerprint density at radius 3 is 2.67 bits per heavy atom. The van der Waals surface area contributed by atoms with Gasteiger partial charge in [0.25, 0.3) is 0 Å². The molecule has 2 rings (SSSR count). The molecule has 1 fully saturated rings. The number of nitrogens with zero attached hydrogens (tertiary/aromatic N) is 3. The molecule has 1 aromatic rings. The van der Waals surface area contributed by atoms with Gasteiger partial charge in [-0.05, 0) is 42.3 Å². The molecular weight excluding hydrogens is 264 g/mol. The summed E-state index contributed by atoms with van der Waals surface area (Å²) in [6.45, 7) is 3.99. The minimum absolute atomic E-state index is 0.00130. The van der Waals surface area contributed by atoms with E-state index in [-0.39, 0.29) is 11.8 Å². The van der Waals surface area contributed by atoms with Crippen LogP contribution in [0.5, 0.6) is 0 Å². The molecule has 0 bridgehead atoms. The molecule has 1 atom stereocenters. The fourth-order valence-corrected chi connectivity index (χ4v) is 2.78. The maximum Gasteiger partial charge on any atom is 0.223 e. The second-order valence-electron chi connectivity index (χ2n) is 5.53. The zero-order valence-corrected chi connectivity index (χ0v) is 12.7. The van der Waals surface area contributed by atoms with Crippen LogP contribution in [0.15, 0.2) is 29.4 Å². The van der Waals surface area contributed by atoms with E-state index in [0.717, 1.165) is 36.8 Å². The molecule has 0 aliphatic heterocycles. The Balaban J connectivity index is 2.40. The van der Waals surface area contributed by atoms with Gasteiger partial charge >= 0.3 is 0 Å². The van der Waals surface area contributed by atoms with E-state index < -0.39 is 5.66 Å². The third-order valence-corrected chi connectivity index (χ3v) is 4.38. The molecule has 1 aromatic carbocycles. The van der Waals surface area contributed by atoms with Crippen LogP contribution in [0.25, 0.3) is 10.4 Å². The number of carbonyl (C=O) groups is 1. The quantitative estimate of drug-likeness (QED) is 0.478. The van der Waals surface area contributed by atoms with E-state index in [9.17, 15) is 4.79 Å². The third kappa shape index (κ3) is 3.03. The maximum atomic E-state index is 12.4. The molecule has 0 radical (unpaired) electrons. The highest BCUT2D eigenvalue weighted by Crippen LogP contribution is 2.33. The lowest BCUT2D eigenvalue weighted by Gasteiger charge is -2.34. The summed E-state index contributed by atoms with van der Waals surface area (Å²) in [5.74, 6) is 0.0695. The first-order valence-electron chi connectivity index (χ1n) is 7.63. The van der Waals surface area contributed by atoms with Crippen molar-refractivity contribution in [3.8, 4) is 0 Å². The summed E-state index contributed by atoms with van der Waals surface area (Å²) in [5.41, 5.74) is 10.0. The second-order valence-corrected chi connectivity index (χ2v) is 5.53. The van der Waals surface area contributed by atoms with Gasteiger partial charge in [-0.2, -0.15) is 0 Å². The van der Waals surface area contributed by atoms with E-state index in [1.807, 2.05) is 31.2 Å². The smallest absolute Gasteiger partial charge is 0.223 e. The fraction of sp³-hybridized carbons (Fsp3) is 0.562. The predicted molar refractivity (Wildman–Crippen MR) is 82.4 cm³/mol. The summed E-state index contributed by atoms with van der Waals surface area (Å²) >= 11 is 0. The first-order chi connectivity index (χ1) is 10.2. The van der Waals surface area contributed by atoms with Crippen molar-refractivity contribution < 1.29 is 4.79 Å². The van der Waals surface area contributed by atoms with Crippen LogP contribution in [0.1, 0.15) is 50.7 Å². The van der Waals surface area contributed by atoms with E-state index in [1.54, 1.807) is 0 Å².